The van der Waals surface area contributed by atoms with Crippen LogP contribution in [0.5, 0.6) is 0 Å². The van der Waals surface area contributed by atoms with Gasteiger partial charge in [0.15, 0.2) is 0 Å². The third-order valence-corrected chi connectivity index (χ3v) is 5.05. The van der Waals surface area contributed by atoms with Crippen LogP contribution in [0, 0.1) is 0 Å². The monoisotopic (exact) mass is 430 g/mol. The molecule has 0 spiro atoms. The summed E-state index contributed by atoms with van der Waals surface area (Å²) in [5.41, 5.74) is 2.24. The normalized spacial score (nSPS) is 16.2. The smallest absolute Gasteiger partial charge is 0.264 e. The van der Waals surface area contributed by atoms with E-state index in [9.17, 15) is 4.79 Å². The third kappa shape index (κ3) is 4.63. The third-order valence-electron chi connectivity index (χ3n) is 3.91. The van der Waals surface area contributed by atoms with Crippen LogP contribution in [0.3, 0.4) is 0 Å². The van der Waals surface area contributed by atoms with Crippen LogP contribution in [-0.4, -0.2) is 24.3 Å². The summed E-state index contributed by atoms with van der Waals surface area (Å²) < 4.78 is 0. The summed E-state index contributed by atoms with van der Waals surface area (Å²) in [6, 6.07) is 10.4. The molecule has 136 valence electrons. The zero-order valence-corrected chi connectivity index (χ0v) is 16.5. The quantitative estimate of drug-likeness (QED) is 0.711. The minimum atomic E-state index is -0.683. The largest absolute Gasteiger partial charge is 0.382 e. The van der Waals surface area contributed by atoms with E-state index < -0.39 is 6.10 Å². The summed E-state index contributed by atoms with van der Waals surface area (Å²) in [6.07, 6.45) is 0.248. The van der Waals surface area contributed by atoms with Crippen LogP contribution in [0.15, 0.2) is 41.6 Å². The van der Waals surface area contributed by atoms with E-state index in [1.807, 2.05) is 6.07 Å². The Kier molecular flexibility index (Phi) is 6.30. The first-order valence-electron chi connectivity index (χ1n) is 7.84. The number of carbonyl (C=O) groups excluding carboxylic acids is 1. The number of hydrogen-bond acceptors (Lipinski definition) is 3. The maximum atomic E-state index is 12.3. The summed E-state index contributed by atoms with van der Waals surface area (Å²) in [4.78, 5) is 17.5. The lowest BCUT2D eigenvalue weighted by Crippen LogP contribution is -2.36. The average molecular weight is 432 g/mol. The predicted octanol–water partition coefficient (Wildman–Crippen LogP) is 5.15. The van der Waals surface area contributed by atoms with Gasteiger partial charge in [-0.15, -0.1) is 0 Å². The molecule has 2 aromatic rings. The molecular weight excluding hydrogens is 418 g/mol. The molecule has 0 aliphatic carbocycles. The Morgan fingerprint density at radius 1 is 1.08 bits per heavy atom. The lowest BCUT2D eigenvalue weighted by molar-refractivity contribution is -0.131. The van der Waals surface area contributed by atoms with Crippen LogP contribution in [-0.2, 0) is 16.1 Å². The SMILES string of the molecule is O=C(NCCc1ccc(Cl)cc1Cl)[C@H]1CC(c2ccc(Cl)cc2Cl)=NO1. The Labute approximate surface area is 171 Å². The van der Waals surface area contributed by atoms with Crippen molar-refractivity contribution in [3.63, 3.8) is 0 Å². The Balaban J connectivity index is 1.52. The van der Waals surface area contributed by atoms with Crippen molar-refractivity contribution in [1.82, 2.24) is 5.32 Å². The van der Waals surface area contributed by atoms with Crippen molar-refractivity contribution in [2.24, 2.45) is 5.16 Å². The number of amides is 1. The van der Waals surface area contributed by atoms with Crippen molar-refractivity contribution < 1.29 is 9.63 Å². The molecule has 0 radical (unpaired) electrons. The van der Waals surface area contributed by atoms with E-state index in [2.05, 4.69) is 10.5 Å². The molecule has 0 unspecified atom stereocenters. The van der Waals surface area contributed by atoms with Gasteiger partial charge < -0.3 is 10.2 Å². The lowest BCUT2D eigenvalue weighted by Gasteiger charge is -2.10. The molecule has 0 fully saturated rings. The first-order chi connectivity index (χ1) is 12.4. The van der Waals surface area contributed by atoms with Crippen molar-refractivity contribution in [3.8, 4) is 0 Å². The standard InChI is InChI=1S/C18H14Cl4N2O2/c19-11-2-1-10(14(21)7-11)5-6-23-18(25)17-9-16(24-26-17)13-4-3-12(20)8-15(13)22/h1-4,7-8,17H,5-6,9H2,(H,23,25)/t17-/m1/s1. The lowest BCUT2D eigenvalue weighted by atomic mass is 10.0. The molecule has 1 atom stereocenters. The van der Waals surface area contributed by atoms with E-state index in [0.29, 0.717) is 50.8 Å². The van der Waals surface area contributed by atoms with Gasteiger partial charge in [-0.2, -0.15) is 0 Å². The molecule has 8 heteroatoms. The van der Waals surface area contributed by atoms with Crippen molar-refractivity contribution in [2.75, 3.05) is 6.54 Å². The summed E-state index contributed by atoms with van der Waals surface area (Å²) >= 11 is 24.1. The van der Waals surface area contributed by atoms with E-state index in [0.717, 1.165) is 5.56 Å². The summed E-state index contributed by atoms with van der Waals surface area (Å²) in [5.74, 6) is -0.237. The molecule has 26 heavy (non-hydrogen) atoms. The molecule has 4 nitrogen and oxygen atoms in total. The van der Waals surface area contributed by atoms with Crippen molar-refractivity contribution in [1.29, 1.82) is 0 Å². The fourth-order valence-electron chi connectivity index (χ4n) is 2.56. The van der Waals surface area contributed by atoms with E-state index in [-0.39, 0.29) is 5.91 Å². The molecule has 0 aromatic heterocycles. The summed E-state index contributed by atoms with van der Waals surface area (Å²) in [7, 11) is 0. The van der Waals surface area contributed by atoms with E-state index in [4.69, 9.17) is 51.2 Å². The van der Waals surface area contributed by atoms with Crippen LogP contribution in [0.1, 0.15) is 17.5 Å². The van der Waals surface area contributed by atoms with Crippen molar-refractivity contribution in [3.05, 3.63) is 67.6 Å². The first kappa shape index (κ1) is 19.3. The fourth-order valence-corrected chi connectivity index (χ4v) is 3.58. The Hall–Kier alpha value is -1.46. The number of nitrogens with one attached hydrogen (secondary N) is 1. The second-order valence-corrected chi connectivity index (χ2v) is 7.42. The molecule has 1 heterocycles. The van der Waals surface area contributed by atoms with Crippen LogP contribution >= 0.6 is 46.4 Å². The van der Waals surface area contributed by atoms with Gasteiger partial charge in [-0.1, -0.05) is 63.7 Å². The maximum absolute atomic E-state index is 12.3. The second-order valence-electron chi connectivity index (χ2n) is 5.74. The summed E-state index contributed by atoms with van der Waals surface area (Å²) in [6.45, 7) is 0.428. The van der Waals surface area contributed by atoms with Crippen LogP contribution in [0.4, 0.5) is 0 Å². The first-order valence-corrected chi connectivity index (χ1v) is 9.35. The second kappa shape index (κ2) is 8.49. The number of halogens is 4. The van der Waals surface area contributed by atoms with Gasteiger partial charge in [0.1, 0.15) is 0 Å². The number of benzene rings is 2. The predicted molar refractivity (Wildman–Crippen MR) is 106 cm³/mol. The van der Waals surface area contributed by atoms with Crippen LogP contribution in [0.25, 0.3) is 0 Å². The number of hydrogen-bond donors (Lipinski definition) is 1. The van der Waals surface area contributed by atoms with Gasteiger partial charge in [-0.25, -0.2) is 0 Å². The maximum Gasteiger partial charge on any atom is 0.264 e. The Bertz CT molecular complexity index is 870. The van der Waals surface area contributed by atoms with Gasteiger partial charge in [-0.3, -0.25) is 4.79 Å². The molecule has 1 N–H and O–H groups in total. The molecule has 0 saturated carbocycles. The van der Waals surface area contributed by atoms with E-state index in [1.165, 1.54) is 0 Å². The van der Waals surface area contributed by atoms with E-state index >= 15 is 0 Å². The molecule has 1 amide bonds. The number of carbonyl (C=O) groups is 1. The van der Waals surface area contributed by atoms with Gasteiger partial charge in [0.2, 0.25) is 6.10 Å². The Morgan fingerprint density at radius 2 is 1.77 bits per heavy atom. The molecule has 3 rings (SSSR count). The highest BCUT2D eigenvalue weighted by atomic mass is 35.5. The highest BCUT2D eigenvalue weighted by Gasteiger charge is 2.29. The zero-order chi connectivity index (χ0) is 18.7. The number of rotatable bonds is 5. The van der Waals surface area contributed by atoms with Crippen molar-refractivity contribution in [2.45, 2.75) is 18.9 Å². The van der Waals surface area contributed by atoms with Crippen LogP contribution in [0.2, 0.25) is 20.1 Å². The highest BCUT2D eigenvalue weighted by Crippen LogP contribution is 2.26. The Morgan fingerprint density at radius 3 is 2.46 bits per heavy atom. The minimum absolute atomic E-state index is 0.237. The van der Waals surface area contributed by atoms with Crippen molar-refractivity contribution >= 4 is 58.0 Å². The van der Waals surface area contributed by atoms with Crippen LogP contribution < -0.4 is 5.32 Å². The molecule has 1 aliphatic rings. The topological polar surface area (TPSA) is 50.7 Å². The number of oxime groups is 1. The molecular formula is C18H14Cl4N2O2. The van der Waals surface area contributed by atoms with Gasteiger partial charge in [0, 0.05) is 33.6 Å². The summed E-state index contributed by atoms with van der Waals surface area (Å²) in [5, 5.41) is 8.97. The highest BCUT2D eigenvalue weighted by molar-refractivity contribution is 6.37. The molecule has 0 saturated heterocycles. The van der Waals surface area contributed by atoms with E-state index in [1.54, 1.807) is 30.3 Å². The molecule has 2 aromatic carbocycles. The minimum Gasteiger partial charge on any atom is -0.382 e. The van der Waals surface area contributed by atoms with Gasteiger partial charge in [0.25, 0.3) is 5.91 Å². The van der Waals surface area contributed by atoms with Gasteiger partial charge in [-0.05, 0) is 36.2 Å². The number of nitrogens with zero attached hydrogens (tertiary/aromatic N) is 1. The molecule has 1 aliphatic heterocycles. The van der Waals surface area contributed by atoms with Gasteiger partial charge in [0.05, 0.1) is 10.7 Å². The molecule has 0 bridgehead atoms. The fraction of sp³-hybridized carbons (Fsp3) is 0.222. The van der Waals surface area contributed by atoms with Gasteiger partial charge >= 0.3 is 0 Å². The zero-order valence-electron chi connectivity index (χ0n) is 13.4. The average Bonchev–Trinajstić information content (AvgIpc) is 3.06.